The highest BCUT2D eigenvalue weighted by Crippen LogP contribution is 2.24. The first-order chi connectivity index (χ1) is 13.1. The Balaban J connectivity index is 1.62. The molecule has 0 aliphatic carbocycles. The molecule has 0 N–H and O–H groups in total. The van der Waals surface area contributed by atoms with E-state index >= 15 is 0 Å². The summed E-state index contributed by atoms with van der Waals surface area (Å²) in [4.78, 5) is 15.4. The third-order valence-corrected chi connectivity index (χ3v) is 5.59. The van der Waals surface area contributed by atoms with Crippen LogP contribution in [0.3, 0.4) is 0 Å². The zero-order chi connectivity index (χ0) is 19.2. The van der Waals surface area contributed by atoms with Gasteiger partial charge in [0.05, 0.1) is 17.2 Å². The molecule has 0 radical (unpaired) electrons. The maximum atomic E-state index is 12.7. The van der Waals surface area contributed by atoms with Crippen LogP contribution in [-0.2, 0) is 11.3 Å². The lowest BCUT2D eigenvalue weighted by molar-refractivity contribution is -0.129. The van der Waals surface area contributed by atoms with Crippen LogP contribution in [0, 0.1) is 0 Å². The van der Waals surface area contributed by atoms with Crippen molar-refractivity contribution >= 4 is 29.0 Å². The summed E-state index contributed by atoms with van der Waals surface area (Å²) in [5.41, 5.74) is 0. The second-order valence-corrected chi connectivity index (χ2v) is 8.09. The summed E-state index contributed by atoms with van der Waals surface area (Å²) in [7, 11) is 0. The van der Waals surface area contributed by atoms with E-state index in [9.17, 15) is 4.79 Å². The molecule has 8 nitrogen and oxygen atoms in total. The number of thioether (sulfide) groups is 1. The van der Waals surface area contributed by atoms with Gasteiger partial charge >= 0.3 is 0 Å². The van der Waals surface area contributed by atoms with Gasteiger partial charge in [-0.3, -0.25) is 4.79 Å². The molecule has 3 aromatic heterocycles. The molecule has 3 heterocycles. The van der Waals surface area contributed by atoms with E-state index in [4.69, 9.17) is 4.42 Å². The molecule has 3 rings (SSSR count). The Labute approximate surface area is 166 Å². The average Bonchev–Trinajstić information content (AvgIpc) is 3.39. The Morgan fingerprint density at radius 2 is 2.22 bits per heavy atom. The minimum absolute atomic E-state index is 0.0102. The van der Waals surface area contributed by atoms with Crippen LogP contribution >= 0.6 is 23.1 Å². The molecular formula is C17H22N6O2S2. The third kappa shape index (κ3) is 4.95. The molecule has 3 aromatic rings. The van der Waals surface area contributed by atoms with Gasteiger partial charge in [-0.15, -0.1) is 31.7 Å². The molecule has 1 amide bonds. The predicted molar refractivity (Wildman–Crippen MR) is 104 cm³/mol. The van der Waals surface area contributed by atoms with Crippen molar-refractivity contribution in [2.45, 2.75) is 44.9 Å². The lowest BCUT2D eigenvalue weighted by Gasteiger charge is -2.20. The van der Waals surface area contributed by atoms with Gasteiger partial charge < -0.3 is 13.9 Å². The van der Waals surface area contributed by atoms with Crippen molar-refractivity contribution in [2.75, 3.05) is 12.3 Å². The van der Waals surface area contributed by atoms with Crippen LogP contribution in [0.2, 0.25) is 0 Å². The molecule has 10 heteroatoms. The fourth-order valence-corrected chi connectivity index (χ4v) is 4.04. The molecule has 0 unspecified atom stereocenters. The van der Waals surface area contributed by atoms with E-state index in [1.807, 2.05) is 29.0 Å². The van der Waals surface area contributed by atoms with Gasteiger partial charge in [-0.05, 0) is 31.7 Å². The van der Waals surface area contributed by atoms with Crippen molar-refractivity contribution in [2.24, 2.45) is 0 Å². The first-order valence-electron chi connectivity index (χ1n) is 8.74. The summed E-state index contributed by atoms with van der Waals surface area (Å²) < 4.78 is 7.67. The van der Waals surface area contributed by atoms with E-state index in [-0.39, 0.29) is 17.7 Å². The Morgan fingerprint density at radius 3 is 2.93 bits per heavy atom. The number of nitrogens with zero attached hydrogens (tertiary/aromatic N) is 6. The summed E-state index contributed by atoms with van der Waals surface area (Å²) in [5, 5.41) is 18.9. The molecule has 0 aliphatic heterocycles. The normalized spacial score (nSPS) is 11.3. The van der Waals surface area contributed by atoms with Crippen LogP contribution in [0.25, 0.3) is 10.8 Å². The molecule has 0 fully saturated rings. The Bertz CT molecular complexity index is 859. The van der Waals surface area contributed by atoms with Gasteiger partial charge in [0.1, 0.15) is 6.33 Å². The third-order valence-electron chi connectivity index (χ3n) is 3.79. The Kier molecular flexibility index (Phi) is 6.62. The van der Waals surface area contributed by atoms with Crippen molar-refractivity contribution in [3.05, 3.63) is 29.7 Å². The van der Waals surface area contributed by atoms with E-state index in [1.165, 1.54) is 23.1 Å². The van der Waals surface area contributed by atoms with Crippen LogP contribution < -0.4 is 0 Å². The van der Waals surface area contributed by atoms with Crippen molar-refractivity contribution < 1.29 is 9.21 Å². The summed E-state index contributed by atoms with van der Waals surface area (Å²) in [6, 6.07) is 4.11. The second kappa shape index (κ2) is 9.14. The molecular weight excluding hydrogens is 384 g/mol. The lowest BCUT2D eigenvalue weighted by atomic mass is 10.4. The maximum absolute atomic E-state index is 12.7. The molecule has 0 aromatic carbocycles. The molecule has 27 heavy (non-hydrogen) atoms. The van der Waals surface area contributed by atoms with E-state index in [0.29, 0.717) is 24.9 Å². The average molecular weight is 407 g/mol. The fourth-order valence-electron chi connectivity index (χ4n) is 2.45. The number of hydrogen-bond donors (Lipinski definition) is 0. The quantitative estimate of drug-likeness (QED) is 0.502. The van der Waals surface area contributed by atoms with Crippen molar-refractivity contribution in [3.63, 3.8) is 0 Å². The fraction of sp³-hybridized carbons (Fsp3) is 0.471. The summed E-state index contributed by atoms with van der Waals surface area (Å²) >= 11 is 2.93. The molecule has 0 aliphatic rings. The highest BCUT2D eigenvalue weighted by molar-refractivity contribution is 7.99. The van der Waals surface area contributed by atoms with Gasteiger partial charge in [-0.2, -0.15) is 0 Å². The number of hydrogen-bond acceptors (Lipinski definition) is 8. The van der Waals surface area contributed by atoms with Gasteiger partial charge in [-0.1, -0.05) is 24.8 Å². The van der Waals surface area contributed by atoms with Crippen molar-refractivity contribution in [1.29, 1.82) is 0 Å². The lowest BCUT2D eigenvalue weighted by Crippen LogP contribution is -2.33. The van der Waals surface area contributed by atoms with Gasteiger partial charge in [0.2, 0.25) is 11.8 Å². The van der Waals surface area contributed by atoms with E-state index in [2.05, 4.69) is 34.2 Å². The first-order valence-corrected chi connectivity index (χ1v) is 10.6. The molecule has 144 valence electrons. The molecule has 0 atom stereocenters. The maximum Gasteiger partial charge on any atom is 0.257 e. The topological polar surface area (TPSA) is 89.9 Å². The Morgan fingerprint density at radius 1 is 1.37 bits per heavy atom. The van der Waals surface area contributed by atoms with Gasteiger partial charge in [0.25, 0.3) is 5.89 Å². The summed E-state index contributed by atoms with van der Waals surface area (Å²) in [6.07, 6.45) is 2.54. The van der Waals surface area contributed by atoms with Crippen LogP contribution in [0.15, 0.2) is 33.4 Å². The monoisotopic (exact) mass is 406 g/mol. The highest BCUT2D eigenvalue weighted by atomic mass is 32.2. The van der Waals surface area contributed by atoms with Crippen LogP contribution in [-0.4, -0.2) is 48.1 Å². The number of amides is 1. The van der Waals surface area contributed by atoms with E-state index in [1.54, 1.807) is 11.2 Å². The van der Waals surface area contributed by atoms with E-state index in [0.717, 1.165) is 16.5 Å². The van der Waals surface area contributed by atoms with Gasteiger partial charge in [0, 0.05) is 12.6 Å². The van der Waals surface area contributed by atoms with Gasteiger partial charge in [-0.25, -0.2) is 0 Å². The van der Waals surface area contributed by atoms with Crippen LogP contribution in [0.5, 0.6) is 0 Å². The van der Waals surface area contributed by atoms with E-state index < -0.39 is 0 Å². The van der Waals surface area contributed by atoms with Gasteiger partial charge in [0.15, 0.2) is 5.16 Å². The SMILES string of the molecule is CCCN(Cc1nnc(-c2cccs2)o1)C(=O)CSc1nncn1C(C)C. The zero-order valence-electron chi connectivity index (χ0n) is 15.5. The standard InChI is InChI=1S/C17H22N6O2S2/c1-4-7-22(9-14-19-20-16(25-14)13-6-5-8-26-13)15(24)10-27-17-21-18-11-23(17)12(2)3/h5-6,8,11-12H,4,7,9-10H2,1-3H3. The summed E-state index contributed by atoms with van der Waals surface area (Å²) in [5.74, 6) is 1.23. The highest BCUT2D eigenvalue weighted by Gasteiger charge is 2.19. The second-order valence-electron chi connectivity index (χ2n) is 6.20. The number of aromatic nitrogens is 5. The van der Waals surface area contributed by atoms with Crippen molar-refractivity contribution in [1.82, 2.24) is 29.9 Å². The molecule has 0 spiro atoms. The summed E-state index contributed by atoms with van der Waals surface area (Å²) in [6.45, 7) is 7.09. The minimum atomic E-state index is 0.0102. The number of thiophene rings is 1. The minimum Gasteiger partial charge on any atom is -0.418 e. The van der Waals surface area contributed by atoms with Crippen LogP contribution in [0.4, 0.5) is 0 Å². The number of carbonyl (C=O) groups excluding carboxylic acids is 1. The molecule has 0 saturated carbocycles. The van der Waals surface area contributed by atoms with Crippen molar-refractivity contribution in [3.8, 4) is 10.8 Å². The Hall–Kier alpha value is -2.20. The number of rotatable bonds is 9. The predicted octanol–water partition coefficient (Wildman–Crippen LogP) is 3.50. The first kappa shape index (κ1) is 19.6. The van der Waals surface area contributed by atoms with Crippen LogP contribution in [0.1, 0.15) is 39.1 Å². The largest absolute Gasteiger partial charge is 0.418 e. The molecule has 0 bridgehead atoms. The molecule has 0 saturated heterocycles. The smallest absolute Gasteiger partial charge is 0.257 e. The zero-order valence-corrected chi connectivity index (χ0v) is 17.2. The number of carbonyl (C=O) groups is 1.